The van der Waals surface area contributed by atoms with Gasteiger partial charge in [0.25, 0.3) is 0 Å². The van der Waals surface area contributed by atoms with Crippen molar-refractivity contribution in [3.8, 4) is 11.8 Å². The Kier molecular flexibility index (Phi) is 8.33. The van der Waals surface area contributed by atoms with E-state index in [0.29, 0.717) is 6.04 Å². The zero-order valence-electron chi connectivity index (χ0n) is 11.5. The molecule has 0 rings (SSSR count). The first kappa shape index (κ1) is 15.5. The Morgan fingerprint density at radius 3 is 2.25 bits per heavy atom. The number of likely N-dealkylation sites (N-methyl/N-ethyl adjacent to an activating group) is 1. The van der Waals surface area contributed by atoms with Gasteiger partial charge in [-0.3, -0.25) is 0 Å². The molecule has 0 spiro atoms. The van der Waals surface area contributed by atoms with Crippen LogP contribution < -0.4 is 5.32 Å². The highest BCUT2D eigenvalue weighted by Crippen LogP contribution is 2.26. The van der Waals surface area contributed by atoms with Crippen LogP contribution in [0.4, 0.5) is 0 Å². The summed E-state index contributed by atoms with van der Waals surface area (Å²) in [7, 11) is 1.82. The van der Waals surface area contributed by atoms with E-state index in [4.69, 9.17) is 4.74 Å². The van der Waals surface area contributed by atoms with Gasteiger partial charge < -0.3 is 10.1 Å². The van der Waals surface area contributed by atoms with Crippen molar-refractivity contribution in [3.63, 3.8) is 0 Å². The summed E-state index contributed by atoms with van der Waals surface area (Å²) in [6.07, 6.45) is 4.08. The standard InChI is InChI=1S/C14H27NO/c1-6-10-11-12-13(15-9-4)14(7-2,8-3)16-5/h13,15H,7-9,11-12H2,1-5H3. The van der Waals surface area contributed by atoms with Crippen molar-refractivity contribution in [2.24, 2.45) is 0 Å². The quantitative estimate of drug-likeness (QED) is 0.641. The van der Waals surface area contributed by atoms with Crippen LogP contribution in [0.5, 0.6) is 0 Å². The average Bonchev–Trinajstić information content (AvgIpc) is 2.32. The van der Waals surface area contributed by atoms with Crippen molar-refractivity contribution in [2.45, 2.75) is 65.0 Å². The molecule has 0 aromatic heterocycles. The van der Waals surface area contributed by atoms with E-state index in [0.717, 1.165) is 32.2 Å². The normalized spacial score (nSPS) is 13.1. The van der Waals surface area contributed by atoms with Gasteiger partial charge >= 0.3 is 0 Å². The summed E-state index contributed by atoms with van der Waals surface area (Å²) in [4.78, 5) is 0. The van der Waals surface area contributed by atoms with Gasteiger partial charge in [0.05, 0.1) is 5.60 Å². The molecule has 0 saturated heterocycles. The summed E-state index contributed by atoms with van der Waals surface area (Å²) < 4.78 is 5.77. The lowest BCUT2D eigenvalue weighted by Gasteiger charge is -2.38. The van der Waals surface area contributed by atoms with E-state index in [2.05, 4.69) is 37.9 Å². The Hall–Kier alpha value is -0.520. The van der Waals surface area contributed by atoms with Crippen LogP contribution in [-0.2, 0) is 4.74 Å². The summed E-state index contributed by atoms with van der Waals surface area (Å²) in [6, 6.07) is 0.401. The molecule has 16 heavy (non-hydrogen) atoms. The number of nitrogens with one attached hydrogen (secondary N) is 1. The number of hydrogen-bond donors (Lipinski definition) is 1. The van der Waals surface area contributed by atoms with Crippen LogP contribution in [0.3, 0.4) is 0 Å². The number of rotatable bonds is 8. The van der Waals surface area contributed by atoms with E-state index < -0.39 is 0 Å². The lowest BCUT2D eigenvalue weighted by molar-refractivity contribution is -0.0486. The minimum atomic E-state index is -0.0363. The minimum Gasteiger partial charge on any atom is -0.377 e. The fraction of sp³-hybridized carbons (Fsp3) is 0.857. The Bertz CT molecular complexity index is 214. The zero-order valence-corrected chi connectivity index (χ0v) is 11.5. The molecule has 0 bridgehead atoms. The minimum absolute atomic E-state index is 0.0363. The van der Waals surface area contributed by atoms with Crippen molar-refractivity contribution >= 4 is 0 Å². The van der Waals surface area contributed by atoms with Crippen LogP contribution in [-0.4, -0.2) is 25.3 Å². The maximum atomic E-state index is 5.77. The molecule has 0 aliphatic rings. The Labute approximate surface area is 101 Å². The van der Waals surface area contributed by atoms with Crippen LogP contribution in [0.2, 0.25) is 0 Å². The molecule has 0 fully saturated rings. The fourth-order valence-corrected chi connectivity index (χ4v) is 2.31. The maximum absolute atomic E-state index is 5.77. The van der Waals surface area contributed by atoms with E-state index >= 15 is 0 Å². The summed E-state index contributed by atoms with van der Waals surface area (Å²) in [5.41, 5.74) is -0.0363. The predicted octanol–water partition coefficient (Wildman–Crippen LogP) is 2.97. The molecule has 2 heteroatoms. The van der Waals surface area contributed by atoms with Crippen LogP contribution >= 0.6 is 0 Å². The Balaban J connectivity index is 4.60. The molecule has 0 aliphatic heterocycles. The molecule has 0 aromatic carbocycles. The highest BCUT2D eigenvalue weighted by Gasteiger charge is 2.34. The largest absolute Gasteiger partial charge is 0.377 e. The van der Waals surface area contributed by atoms with Gasteiger partial charge in [0.1, 0.15) is 0 Å². The molecular formula is C14H27NO. The summed E-state index contributed by atoms with van der Waals surface area (Å²) in [5.74, 6) is 6.09. The summed E-state index contributed by atoms with van der Waals surface area (Å²) >= 11 is 0. The van der Waals surface area contributed by atoms with Crippen LogP contribution in [0.15, 0.2) is 0 Å². The third-order valence-electron chi connectivity index (χ3n) is 3.42. The summed E-state index contributed by atoms with van der Waals surface area (Å²) in [5, 5.41) is 3.54. The summed E-state index contributed by atoms with van der Waals surface area (Å²) in [6.45, 7) is 9.41. The Morgan fingerprint density at radius 2 is 1.88 bits per heavy atom. The third-order valence-corrected chi connectivity index (χ3v) is 3.42. The Morgan fingerprint density at radius 1 is 1.25 bits per heavy atom. The molecule has 0 saturated carbocycles. The van der Waals surface area contributed by atoms with Gasteiger partial charge in [-0.25, -0.2) is 0 Å². The molecule has 2 nitrogen and oxygen atoms in total. The van der Waals surface area contributed by atoms with Gasteiger partial charge in [-0.15, -0.1) is 11.8 Å². The molecule has 0 amide bonds. The molecule has 1 N–H and O–H groups in total. The van der Waals surface area contributed by atoms with Gasteiger partial charge in [0.15, 0.2) is 0 Å². The molecule has 1 atom stereocenters. The fourth-order valence-electron chi connectivity index (χ4n) is 2.31. The van der Waals surface area contributed by atoms with Crippen LogP contribution in [0.1, 0.15) is 53.4 Å². The van der Waals surface area contributed by atoms with Crippen LogP contribution in [0, 0.1) is 11.8 Å². The smallest absolute Gasteiger partial charge is 0.0826 e. The first-order chi connectivity index (χ1) is 7.70. The van der Waals surface area contributed by atoms with Crippen LogP contribution in [0.25, 0.3) is 0 Å². The van der Waals surface area contributed by atoms with Crippen molar-refractivity contribution < 1.29 is 4.74 Å². The van der Waals surface area contributed by atoms with Crippen molar-refractivity contribution in [2.75, 3.05) is 13.7 Å². The van der Waals surface area contributed by atoms with Crippen molar-refractivity contribution in [1.82, 2.24) is 5.32 Å². The number of ether oxygens (including phenoxy) is 1. The monoisotopic (exact) mass is 225 g/mol. The van der Waals surface area contributed by atoms with E-state index in [1.807, 2.05) is 14.0 Å². The van der Waals surface area contributed by atoms with Gasteiger partial charge in [-0.05, 0) is 32.7 Å². The topological polar surface area (TPSA) is 21.3 Å². The third kappa shape index (κ3) is 4.15. The second kappa shape index (κ2) is 8.61. The highest BCUT2D eigenvalue weighted by atomic mass is 16.5. The number of hydrogen-bond acceptors (Lipinski definition) is 2. The molecule has 0 aliphatic carbocycles. The van der Waals surface area contributed by atoms with Gasteiger partial charge in [-0.1, -0.05) is 20.8 Å². The van der Waals surface area contributed by atoms with E-state index in [9.17, 15) is 0 Å². The molecule has 0 heterocycles. The van der Waals surface area contributed by atoms with Gasteiger partial charge in [0.2, 0.25) is 0 Å². The highest BCUT2D eigenvalue weighted by molar-refractivity contribution is 4.99. The second-order valence-corrected chi connectivity index (χ2v) is 4.05. The molecular weight excluding hydrogens is 198 g/mol. The lowest BCUT2D eigenvalue weighted by Crippen LogP contribution is -2.51. The molecule has 0 aromatic rings. The number of methoxy groups -OCH3 is 1. The van der Waals surface area contributed by atoms with E-state index in [-0.39, 0.29) is 5.60 Å². The lowest BCUT2D eigenvalue weighted by atomic mass is 9.85. The van der Waals surface area contributed by atoms with Crippen molar-refractivity contribution in [3.05, 3.63) is 0 Å². The van der Waals surface area contributed by atoms with Gasteiger partial charge in [0, 0.05) is 19.6 Å². The zero-order chi connectivity index (χ0) is 12.4. The predicted molar refractivity (Wildman–Crippen MR) is 70.5 cm³/mol. The molecule has 94 valence electrons. The van der Waals surface area contributed by atoms with Crippen molar-refractivity contribution in [1.29, 1.82) is 0 Å². The maximum Gasteiger partial charge on any atom is 0.0826 e. The van der Waals surface area contributed by atoms with E-state index in [1.54, 1.807) is 0 Å². The molecule has 1 unspecified atom stereocenters. The van der Waals surface area contributed by atoms with E-state index in [1.165, 1.54) is 0 Å². The molecule has 0 radical (unpaired) electrons. The SMILES string of the molecule is CC#CCCC(NCC)C(CC)(CC)OC. The average molecular weight is 225 g/mol. The second-order valence-electron chi connectivity index (χ2n) is 4.05. The first-order valence-corrected chi connectivity index (χ1v) is 6.38. The first-order valence-electron chi connectivity index (χ1n) is 6.38. The van der Waals surface area contributed by atoms with Gasteiger partial charge in [-0.2, -0.15) is 0 Å².